The molecule has 0 bridgehead atoms. The molecule has 5 heteroatoms. The number of hydrogen-bond donors (Lipinski definition) is 1. The maximum absolute atomic E-state index is 14.0. The average molecular weight is 476 g/mol. The molecule has 6 rings (SSSR count). The lowest BCUT2D eigenvalue weighted by molar-refractivity contribution is 0.102. The van der Waals surface area contributed by atoms with Crippen molar-refractivity contribution in [3.05, 3.63) is 102 Å². The second-order valence-electron chi connectivity index (χ2n) is 9.41. The van der Waals surface area contributed by atoms with Crippen molar-refractivity contribution in [2.45, 2.75) is 32.7 Å². The first-order chi connectivity index (χ1) is 17.7. The molecule has 0 radical (unpaired) electrons. The quantitative estimate of drug-likeness (QED) is 0.298. The number of nitrogens with zero attached hydrogens (tertiary/aromatic N) is 2. The summed E-state index contributed by atoms with van der Waals surface area (Å²) in [5.74, 6) is 0.493. The Hall–Kier alpha value is -4.25. The fourth-order valence-corrected chi connectivity index (χ4v) is 5.41. The van der Waals surface area contributed by atoms with E-state index in [1.165, 1.54) is 11.1 Å². The van der Waals surface area contributed by atoms with Crippen LogP contribution in [0.25, 0.3) is 28.0 Å². The summed E-state index contributed by atoms with van der Waals surface area (Å²) in [6.07, 6.45) is 5.27. The molecule has 0 aliphatic carbocycles. The third-order valence-corrected chi connectivity index (χ3v) is 7.11. The van der Waals surface area contributed by atoms with Gasteiger partial charge in [-0.2, -0.15) is 0 Å². The van der Waals surface area contributed by atoms with Crippen LogP contribution in [-0.2, 0) is 13.0 Å². The minimum atomic E-state index is -0.146. The van der Waals surface area contributed by atoms with Gasteiger partial charge < -0.3 is 14.6 Å². The van der Waals surface area contributed by atoms with Crippen LogP contribution in [0.3, 0.4) is 0 Å². The molecular weight excluding hydrogens is 446 g/mol. The van der Waals surface area contributed by atoms with Gasteiger partial charge in [-0.25, -0.2) is 0 Å². The molecule has 5 nitrogen and oxygen atoms in total. The number of carbonyl (C=O) groups excluding carboxylic acids is 1. The first kappa shape index (κ1) is 22.2. The van der Waals surface area contributed by atoms with Crippen LogP contribution in [0.5, 0.6) is 5.75 Å². The molecule has 1 aliphatic rings. The molecule has 5 aromatic rings. The molecule has 0 fully saturated rings. The van der Waals surface area contributed by atoms with Crippen LogP contribution in [0.4, 0.5) is 5.69 Å². The number of anilines is 1. The van der Waals surface area contributed by atoms with Crippen LogP contribution in [0, 0.1) is 6.92 Å². The predicted octanol–water partition coefficient (Wildman–Crippen LogP) is 6.98. The molecule has 1 aliphatic heterocycles. The molecule has 36 heavy (non-hydrogen) atoms. The monoisotopic (exact) mass is 475 g/mol. The minimum Gasteiger partial charge on any atom is -0.495 e. The molecule has 2 aromatic heterocycles. The SMILES string of the molecule is COc1ccccc1NC(=O)c1c(-c2ccccc2)c2c3n(c(-c4ccc(C)cc4)cn13)CCCC2. The molecule has 180 valence electrons. The Balaban J connectivity index is 1.60. The first-order valence-electron chi connectivity index (χ1n) is 12.5. The molecule has 1 amide bonds. The Morgan fingerprint density at radius 3 is 2.42 bits per heavy atom. The van der Waals surface area contributed by atoms with Crippen LogP contribution in [0.2, 0.25) is 0 Å². The van der Waals surface area contributed by atoms with Gasteiger partial charge in [0.1, 0.15) is 17.1 Å². The number of para-hydroxylation sites is 2. The van der Waals surface area contributed by atoms with Gasteiger partial charge in [-0.15, -0.1) is 0 Å². The Morgan fingerprint density at radius 2 is 1.64 bits per heavy atom. The Morgan fingerprint density at radius 1 is 0.889 bits per heavy atom. The van der Waals surface area contributed by atoms with Crippen molar-refractivity contribution >= 4 is 17.2 Å². The van der Waals surface area contributed by atoms with Gasteiger partial charge in [0, 0.05) is 23.9 Å². The number of rotatable bonds is 5. The zero-order chi connectivity index (χ0) is 24.6. The lowest BCUT2D eigenvalue weighted by Gasteiger charge is -2.12. The van der Waals surface area contributed by atoms with Gasteiger partial charge in [0.2, 0.25) is 0 Å². The number of aromatic nitrogens is 2. The summed E-state index contributed by atoms with van der Waals surface area (Å²) in [6.45, 7) is 3.03. The number of hydrogen-bond acceptors (Lipinski definition) is 2. The van der Waals surface area contributed by atoms with Crippen LogP contribution < -0.4 is 10.1 Å². The van der Waals surface area contributed by atoms with E-state index in [2.05, 4.69) is 63.8 Å². The number of carbonyl (C=O) groups is 1. The van der Waals surface area contributed by atoms with E-state index in [9.17, 15) is 4.79 Å². The lowest BCUT2D eigenvalue weighted by Crippen LogP contribution is -2.16. The summed E-state index contributed by atoms with van der Waals surface area (Å²) in [5.41, 5.74) is 9.28. The van der Waals surface area contributed by atoms with E-state index in [1.54, 1.807) is 7.11 Å². The van der Waals surface area contributed by atoms with E-state index in [4.69, 9.17) is 4.74 Å². The number of amides is 1. The van der Waals surface area contributed by atoms with E-state index >= 15 is 0 Å². The van der Waals surface area contributed by atoms with Crippen molar-refractivity contribution < 1.29 is 9.53 Å². The molecule has 0 saturated carbocycles. The van der Waals surface area contributed by atoms with Crippen molar-refractivity contribution in [1.29, 1.82) is 0 Å². The van der Waals surface area contributed by atoms with Crippen LogP contribution in [-0.4, -0.2) is 22.0 Å². The van der Waals surface area contributed by atoms with Gasteiger partial charge in [-0.1, -0.05) is 72.3 Å². The summed E-state index contributed by atoms with van der Waals surface area (Å²) in [6, 6.07) is 26.5. The summed E-state index contributed by atoms with van der Waals surface area (Å²) in [4.78, 5) is 14.0. The maximum atomic E-state index is 14.0. The van der Waals surface area contributed by atoms with Gasteiger partial charge in [0.05, 0.1) is 18.5 Å². The van der Waals surface area contributed by atoms with Crippen molar-refractivity contribution in [2.24, 2.45) is 0 Å². The second-order valence-corrected chi connectivity index (χ2v) is 9.41. The zero-order valence-electron chi connectivity index (χ0n) is 20.6. The van der Waals surface area contributed by atoms with Crippen molar-refractivity contribution in [2.75, 3.05) is 12.4 Å². The molecule has 1 N–H and O–H groups in total. The Kier molecular flexibility index (Phi) is 5.61. The van der Waals surface area contributed by atoms with E-state index in [0.717, 1.165) is 53.8 Å². The van der Waals surface area contributed by atoms with E-state index in [-0.39, 0.29) is 5.91 Å². The van der Waals surface area contributed by atoms with Gasteiger partial charge in [-0.3, -0.25) is 9.20 Å². The molecular formula is C31H29N3O2. The summed E-state index contributed by atoms with van der Waals surface area (Å²) < 4.78 is 10.0. The van der Waals surface area contributed by atoms with Crippen LogP contribution >= 0.6 is 0 Å². The van der Waals surface area contributed by atoms with E-state index in [1.807, 2.05) is 42.5 Å². The summed E-state index contributed by atoms with van der Waals surface area (Å²) in [5, 5.41) is 3.14. The number of aryl methyl sites for hydroxylation is 3. The van der Waals surface area contributed by atoms with E-state index in [0.29, 0.717) is 17.1 Å². The van der Waals surface area contributed by atoms with Crippen LogP contribution in [0.1, 0.15) is 34.5 Å². The highest BCUT2D eigenvalue weighted by molar-refractivity contribution is 6.10. The zero-order valence-corrected chi connectivity index (χ0v) is 20.6. The number of imidazole rings is 1. The molecule has 0 atom stereocenters. The Labute approximate surface area is 211 Å². The molecule has 3 aromatic carbocycles. The third kappa shape index (κ3) is 3.68. The fraction of sp³-hybridized carbons (Fsp3) is 0.194. The summed E-state index contributed by atoms with van der Waals surface area (Å²) in [7, 11) is 1.62. The highest BCUT2D eigenvalue weighted by atomic mass is 16.5. The predicted molar refractivity (Wildman–Crippen MR) is 145 cm³/mol. The van der Waals surface area contributed by atoms with Gasteiger partial charge in [-0.05, 0) is 49.4 Å². The van der Waals surface area contributed by atoms with Gasteiger partial charge in [0.15, 0.2) is 0 Å². The maximum Gasteiger partial charge on any atom is 0.273 e. The van der Waals surface area contributed by atoms with Crippen LogP contribution in [0.15, 0.2) is 85.1 Å². The number of ether oxygens (including phenoxy) is 1. The minimum absolute atomic E-state index is 0.146. The molecule has 3 heterocycles. The van der Waals surface area contributed by atoms with Gasteiger partial charge >= 0.3 is 0 Å². The molecule has 0 unspecified atom stereocenters. The highest BCUT2D eigenvalue weighted by Gasteiger charge is 2.29. The summed E-state index contributed by atoms with van der Waals surface area (Å²) >= 11 is 0. The van der Waals surface area contributed by atoms with Crippen molar-refractivity contribution in [1.82, 2.24) is 8.97 Å². The van der Waals surface area contributed by atoms with Crippen molar-refractivity contribution in [3.63, 3.8) is 0 Å². The molecule has 0 saturated heterocycles. The largest absolute Gasteiger partial charge is 0.495 e. The second kappa shape index (κ2) is 9.08. The fourth-order valence-electron chi connectivity index (χ4n) is 5.41. The smallest absolute Gasteiger partial charge is 0.273 e. The topological polar surface area (TPSA) is 47.7 Å². The Bertz CT molecular complexity index is 1560. The van der Waals surface area contributed by atoms with Gasteiger partial charge in [0.25, 0.3) is 5.91 Å². The normalized spacial score (nSPS) is 12.9. The third-order valence-electron chi connectivity index (χ3n) is 7.11. The number of methoxy groups -OCH3 is 1. The average Bonchev–Trinajstić information content (AvgIpc) is 3.33. The number of benzene rings is 3. The van der Waals surface area contributed by atoms with Crippen molar-refractivity contribution in [3.8, 4) is 28.1 Å². The molecule has 0 spiro atoms. The number of nitrogens with one attached hydrogen (secondary N) is 1. The lowest BCUT2D eigenvalue weighted by atomic mass is 9.98. The first-order valence-corrected chi connectivity index (χ1v) is 12.5. The highest BCUT2D eigenvalue weighted by Crippen LogP contribution is 2.40. The van der Waals surface area contributed by atoms with E-state index < -0.39 is 0 Å². The standard InChI is InChI=1S/C31H29N3O2/c1-21-15-17-22(18-16-21)26-20-34-29(30(35)32-25-13-6-7-14-27(25)36-2)28(23-10-4-3-5-11-23)24-12-8-9-19-33(26)31(24)34/h3-7,10-11,13-18,20H,8-9,12,19H2,1-2H3,(H,32,35).